The fraction of sp³-hybridized carbons (Fsp3) is 0.538. The molecule has 1 aliphatic heterocycles. The van der Waals surface area contributed by atoms with Gasteiger partial charge >= 0.3 is 0 Å². The van der Waals surface area contributed by atoms with Gasteiger partial charge in [-0.1, -0.05) is 12.1 Å². The van der Waals surface area contributed by atoms with Crippen LogP contribution in [0, 0.1) is 6.92 Å². The molecule has 3 heteroatoms. The fourth-order valence-corrected chi connectivity index (χ4v) is 2.92. The Hall–Kier alpha value is -0.540. The molecular formula is C13H18BrNO. The van der Waals surface area contributed by atoms with Crippen LogP contribution >= 0.6 is 15.9 Å². The quantitative estimate of drug-likeness (QED) is 0.899. The number of halogens is 1. The number of hydrogen-bond acceptors (Lipinski definition) is 2. The van der Waals surface area contributed by atoms with Crippen molar-refractivity contribution in [3.63, 3.8) is 0 Å². The first-order valence-electron chi connectivity index (χ1n) is 5.67. The first-order chi connectivity index (χ1) is 7.58. The molecule has 1 aliphatic rings. The molecule has 0 aromatic heterocycles. The summed E-state index contributed by atoms with van der Waals surface area (Å²) >= 11 is 3.61. The number of hydrogen-bond donors (Lipinski definition) is 1. The molecule has 1 N–H and O–H groups in total. The van der Waals surface area contributed by atoms with Crippen molar-refractivity contribution < 1.29 is 4.74 Å². The average Bonchev–Trinajstić information content (AvgIpc) is 2.70. The van der Waals surface area contributed by atoms with E-state index >= 15 is 0 Å². The standard InChI is InChI=1S/C13H18BrNO/c1-9-5-6-10(12(16-3)11(9)14)13(2)7-4-8-15-13/h5-6,15H,4,7-8H2,1-3H3. The Kier molecular flexibility index (Phi) is 3.27. The minimum absolute atomic E-state index is 0.0571. The van der Waals surface area contributed by atoms with Gasteiger partial charge in [0.05, 0.1) is 11.6 Å². The summed E-state index contributed by atoms with van der Waals surface area (Å²) in [7, 11) is 1.74. The lowest BCUT2D eigenvalue weighted by Crippen LogP contribution is -2.33. The molecule has 1 aromatic carbocycles. The zero-order chi connectivity index (χ0) is 11.8. The topological polar surface area (TPSA) is 21.3 Å². The minimum Gasteiger partial charge on any atom is -0.495 e. The molecule has 1 saturated heterocycles. The molecule has 0 amide bonds. The maximum absolute atomic E-state index is 5.55. The van der Waals surface area contributed by atoms with Gasteiger partial charge in [-0.2, -0.15) is 0 Å². The molecule has 0 saturated carbocycles. The number of ether oxygens (including phenoxy) is 1. The predicted octanol–water partition coefficient (Wildman–Crippen LogP) is 3.36. The van der Waals surface area contributed by atoms with Crippen molar-refractivity contribution in [2.45, 2.75) is 32.2 Å². The SMILES string of the molecule is COc1c(C2(C)CCCN2)ccc(C)c1Br. The largest absolute Gasteiger partial charge is 0.495 e. The third-order valence-corrected chi connectivity index (χ3v) is 4.44. The molecule has 1 aromatic rings. The first-order valence-corrected chi connectivity index (χ1v) is 6.46. The van der Waals surface area contributed by atoms with Gasteiger partial charge in [0.15, 0.2) is 0 Å². The van der Waals surface area contributed by atoms with Gasteiger partial charge in [-0.15, -0.1) is 0 Å². The van der Waals surface area contributed by atoms with Crippen molar-refractivity contribution in [2.75, 3.05) is 13.7 Å². The number of rotatable bonds is 2. The second kappa shape index (κ2) is 4.38. The van der Waals surface area contributed by atoms with Crippen molar-refractivity contribution >= 4 is 15.9 Å². The van der Waals surface area contributed by atoms with Crippen LogP contribution in [0.3, 0.4) is 0 Å². The van der Waals surface area contributed by atoms with Crippen LogP contribution in [0.2, 0.25) is 0 Å². The van der Waals surface area contributed by atoms with Gasteiger partial charge in [0, 0.05) is 11.1 Å². The Morgan fingerprint density at radius 3 is 2.75 bits per heavy atom. The summed E-state index contributed by atoms with van der Waals surface area (Å²) in [5.74, 6) is 0.969. The maximum Gasteiger partial charge on any atom is 0.138 e. The number of aryl methyl sites for hydroxylation is 1. The normalized spacial score (nSPS) is 24.8. The highest BCUT2D eigenvalue weighted by Gasteiger charge is 2.33. The molecule has 0 spiro atoms. The van der Waals surface area contributed by atoms with E-state index in [4.69, 9.17) is 4.74 Å². The monoisotopic (exact) mass is 283 g/mol. The van der Waals surface area contributed by atoms with E-state index in [2.05, 4.69) is 47.2 Å². The van der Waals surface area contributed by atoms with Gasteiger partial charge < -0.3 is 10.1 Å². The van der Waals surface area contributed by atoms with E-state index in [1.165, 1.54) is 24.0 Å². The Bertz CT molecular complexity index is 397. The van der Waals surface area contributed by atoms with Gasteiger partial charge in [0.2, 0.25) is 0 Å². The average molecular weight is 284 g/mol. The second-order valence-electron chi connectivity index (χ2n) is 4.64. The lowest BCUT2D eigenvalue weighted by atomic mass is 9.89. The van der Waals surface area contributed by atoms with Crippen molar-refractivity contribution in [1.82, 2.24) is 5.32 Å². The molecule has 2 nitrogen and oxygen atoms in total. The van der Waals surface area contributed by atoms with E-state index in [1.807, 2.05) is 0 Å². The zero-order valence-corrected chi connectivity index (χ0v) is 11.6. The van der Waals surface area contributed by atoms with Crippen LogP contribution in [0.4, 0.5) is 0 Å². The van der Waals surface area contributed by atoms with Gasteiger partial charge in [-0.25, -0.2) is 0 Å². The third kappa shape index (κ3) is 1.87. The van der Waals surface area contributed by atoms with Crippen LogP contribution in [0.1, 0.15) is 30.9 Å². The molecule has 0 bridgehead atoms. The molecule has 1 fully saturated rings. The molecule has 1 unspecified atom stereocenters. The van der Waals surface area contributed by atoms with Gasteiger partial charge in [0.1, 0.15) is 5.75 Å². The number of nitrogens with one attached hydrogen (secondary N) is 1. The van der Waals surface area contributed by atoms with Crippen LogP contribution in [0.5, 0.6) is 5.75 Å². The number of methoxy groups -OCH3 is 1. The van der Waals surface area contributed by atoms with Crippen molar-refractivity contribution in [3.05, 3.63) is 27.7 Å². The Labute approximate surface area is 106 Å². The number of benzene rings is 1. The van der Waals surface area contributed by atoms with E-state index in [-0.39, 0.29) is 5.54 Å². The lowest BCUT2D eigenvalue weighted by molar-refractivity contribution is 0.368. The molecule has 1 heterocycles. The summed E-state index contributed by atoms with van der Waals surface area (Å²) in [5, 5.41) is 3.57. The summed E-state index contributed by atoms with van der Waals surface area (Å²) in [6.45, 7) is 5.42. The minimum atomic E-state index is 0.0571. The molecule has 1 atom stereocenters. The van der Waals surface area contributed by atoms with Crippen LogP contribution in [0.15, 0.2) is 16.6 Å². The van der Waals surface area contributed by atoms with Gasteiger partial charge in [0.25, 0.3) is 0 Å². The summed E-state index contributed by atoms with van der Waals surface area (Å²) in [6.07, 6.45) is 2.39. The third-order valence-electron chi connectivity index (χ3n) is 3.46. The molecule has 2 rings (SSSR count). The van der Waals surface area contributed by atoms with E-state index in [0.29, 0.717) is 0 Å². The molecule has 0 aliphatic carbocycles. The molecule has 88 valence electrons. The second-order valence-corrected chi connectivity index (χ2v) is 5.43. The molecular weight excluding hydrogens is 266 g/mol. The van der Waals surface area contributed by atoms with Crippen LogP contribution in [-0.4, -0.2) is 13.7 Å². The predicted molar refractivity (Wildman–Crippen MR) is 70.0 cm³/mol. The van der Waals surface area contributed by atoms with Crippen molar-refractivity contribution in [2.24, 2.45) is 0 Å². The van der Waals surface area contributed by atoms with E-state index in [1.54, 1.807) is 7.11 Å². The van der Waals surface area contributed by atoms with E-state index < -0.39 is 0 Å². The molecule has 0 radical (unpaired) electrons. The Morgan fingerprint density at radius 1 is 1.44 bits per heavy atom. The van der Waals surface area contributed by atoms with E-state index in [9.17, 15) is 0 Å². The van der Waals surface area contributed by atoms with Gasteiger partial charge in [-0.3, -0.25) is 0 Å². The smallest absolute Gasteiger partial charge is 0.138 e. The molecule has 16 heavy (non-hydrogen) atoms. The van der Waals surface area contributed by atoms with Crippen molar-refractivity contribution in [3.8, 4) is 5.75 Å². The van der Waals surface area contributed by atoms with Crippen LogP contribution < -0.4 is 10.1 Å². The Balaban J connectivity index is 2.52. The van der Waals surface area contributed by atoms with Crippen LogP contribution in [0.25, 0.3) is 0 Å². The van der Waals surface area contributed by atoms with Gasteiger partial charge in [-0.05, 0) is 54.7 Å². The lowest BCUT2D eigenvalue weighted by Gasteiger charge is -2.28. The van der Waals surface area contributed by atoms with E-state index in [0.717, 1.165) is 16.8 Å². The summed E-state index contributed by atoms with van der Waals surface area (Å²) in [6, 6.07) is 4.32. The highest BCUT2D eigenvalue weighted by atomic mass is 79.9. The fourth-order valence-electron chi connectivity index (χ4n) is 2.41. The Morgan fingerprint density at radius 2 is 2.19 bits per heavy atom. The highest BCUT2D eigenvalue weighted by Crippen LogP contribution is 2.41. The first kappa shape index (κ1) is 11.9. The summed E-state index contributed by atoms with van der Waals surface area (Å²) in [4.78, 5) is 0. The summed E-state index contributed by atoms with van der Waals surface area (Å²) < 4.78 is 6.62. The zero-order valence-electron chi connectivity index (χ0n) is 10.1. The highest BCUT2D eigenvalue weighted by molar-refractivity contribution is 9.10. The maximum atomic E-state index is 5.55. The summed E-state index contributed by atoms with van der Waals surface area (Å²) in [5.41, 5.74) is 2.52. The van der Waals surface area contributed by atoms with Crippen molar-refractivity contribution in [1.29, 1.82) is 0 Å². The van der Waals surface area contributed by atoms with Crippen LogP contribution in [-0.2, 0) is 5.54 Å².